The van der Waals surface area contributed by atoms with Crippen LogP contribution in [0.5, 0.6) is 0 Å². The van der Waals surface area contributed by atoms with E-state index >= 15 is 0 Å². The highest BCUT2D eigenvalue weighted by molar-refractivity contribution is 5.86. The molecule has 0 aliphatic heterocycles. The van der Waals surface area contributed by atoms with Gasteiger partial charge in [0.25, 0.3) is 0 Å². The van der Waals surface area contributed by atoms with Crippen molar-refractivity contribution in [3.05, 3.63) is 0 Å². The molecule has 0 heterocycles. The second-order valence-electron chi connectivity index (χ2n) is 5.83. The van der Waals surface area contributed by atoms with E-state index < -0.39 is 5.41 Å². The highest BCUT2D eigenvalue weighted by Crippen LogP contribution is 2.48. The monoisotopic (exact) mass is 226 g/mol. The van der Waals surface area contributed by atoms with E-state index in [-0.39, 0.29) is 29.7 Å². The summed E-state index contributed by atoms with van der Waals surface area (Å²) in [6.45, 7) is 9.95. The standard InChI is InChI=1S/C13H22O3/c1-9-12(3,4)7-6-11(15)13(9,5)8-16-10(2)14/h9H,6-8H2,1-5H3/t9-,13+/m1/s1. The van der Waals surface area contributed by atoms with Crippen molar-refractivity contribution >= 4 is 11.8 Å². The van der Waals surface area contributed by atoms with Crippen LogP contribution in [-0.4, -0.2) is 18.4 Å². The van der Waals surface area contributed by atoms with E-state index in [0.717, 1.165) is 6.42 Å². The maximum absolute atomic E-state index is 12.0. The lowest BCUT2D eigenvalue weighted by Gasteiger charge is -2.47. The maximum Gasteiger partial charge on any atom is 0.302 e. The first-order valence-corrected chi connectivity index (χ1v) is 5.87. The Labute approximate surface area is 97.5 Å². The Hall–Kier alpha value is -0.860. The van der Waals surface area contributed by atoms with Crippen LogP contribution in [-0.2, 0) is 14.3 Å². The topological polar surface area (TPSA) is 43.4 Å². The highest BCUT2D eigenvalue weighted by Gasteiger charge is 2.49. The third-order valence-corrected chi connectivity index (χ3v) is 4.34. The molecule has 1 rings (SSSR count). The minimum absolute atomic E-state index is 0.128. The maximum atomic E-state index is 12.0. The average Bonchev–Trinajstić information content (AvgIpc) is 2.19. The Morgan fingerprint density at radius 1 is 1.44 bits per heavy atom. The van der Waals surface area contributed by atoms with Crippen LogP contribution in [0, 0.1) is 16.7 Å². The molecular weight excluding hydrogens is 204 g/mol. The van der Waals surface area contributed by atoms with Crippen LogP contribution in [0.2, 0.25) is 0 Å². The summed E-state index contributed by atoms with van der Waals surface area (Å²) in [4.78, 5) is 22.9. The number of rotatable bonds is 2. The number of esters is 1. The van der Waals surface area contributed by atoms with E-state index in [2.05, 4.69) is 20.8 Å². The van der Waals surface area contributed by atoms with Crippen molar-refractivity contribution < 1.29 is 14.3 Å². The van der Waals surface area contributed by atoms with Crippen molar-refractivity contribution in [3.63, 3.8) is 0 Å². The molecule has 0 radical (unpaired) electrons. The number of hydrogen-bond acceptors (Lipinski definition) is 3. The van der Waals surface area contributed by atoms with E-state index in [4.69, 9.17) is 4.74 Å². The van der Waals surface area contributed by atoms with Gasteiger partial charge in [-0.15, -0.1) is 0 Å². The summed E-state index contributed by atoms with van der Waals surface area (Å²) in [5.41, 5.74) is -0.393. The lowest BCUT2D eigenvalue weighted by Crippen LogP contribution is -2.49. The number of ketones is 1. The zero-order valence-corrected chi connectivity index (χ0v) is 10.9. The summed E-state index contributed by atoms with van der Waals surface area (Å²) in [7, 11) is 0. The third kappa shape index (κ3) is 2.28. The predicted molar refractivity (Wildman–Crippen MR) is 61.9 cm³/mol. The number of Topliss-reactive ketones (excluding diaryl/α,β-unsaturated/α-hetero) is 1. The van der Waals surface area contributed by atoms with Gasteiger partial charge in [-0.1, -0.05) is 20.8 Å². The lowest BCUT2D eigenvalue weighted by molar-refractivity contribution is -0.156. The average molecular weight is 226 g/mol. The zero-order valence-electron chi connectivity index (χ0n) is 10.9. The normalized spacial score (nSPS) is 33.6. The smallest absolute Gasteiger partial charge is 0.302 e. The van der Waals surface area contributed by atoms with E-state index in [9.17, 15) is 9.59 Å². The molecule has 1 saturated carbocycles. The molecule has 1 aliphatic rings. The summed E-state index contributed by atoms with van der Waals surface area (Å²) in [5, 5.41) is 0. The second kappa shape index (κ2) is 4.19. The Kier molecular flexibility index (Phi) is 3.46. The quantitative estimate of drug-likeness (QED) is 0.680. The molecule has 0 amide bonds. The molecule has 0 aromatic rings. The van der Waals surface area contributed by atoms with Crippen LogP contribution >= 0.6 is 0 Å². The third-order valence-electron chi connectivity index (χ3n) is 4.34. The van der Waals surface area contributed by atoms with Crippen molar-refractivity contribution in [1.29, 1.82) is 0 Å². The Morgan fingerprint density at radius 2 is 2.00 bits per heavy atom. The molecule has 0 saturated heterocycles. The van der Waals surface area contributed by atoms with Crippen molar-refractivity contribution in [2.45, 2.75) is 47.5 Å². The first-order chi connectivity index (χ1) is 7.20. The fourth-order valence-electron chi connectivity index (χ4n) is 2.50. The van der Waals surface area contributed by atoms with Gasteiger partial charge in [-0.25, -0.2) is 0 Å². The van der Waals surface area contributed by atoms with Crippen LogP contribution in [0.1, 0.15) is 47.5 Å². The molecule has 0 aromatic carbocycles. The molecule has 0 N–H and O–H groups in total. The zero-order chi connectivity index (χ0) is 12.6. The largest absolute Gasteiger partial charge is 0.465 e. The predicted octanol–water partition coefficient (Wildman–Crippen LogP) is 2.58. The number of carbonyl (C=O) groups is 2. The van der Waals surface area contributed by atoms with E-state index in [1.54, 1.807) is 0 Å². The van der Waals surface area contributed by atoms with Gasteiger partial charge in [-0.05, 0) is 24.7 Å². The summed E-state index contributed by atoms with van der Waals surface area (Å²) >= 11 is 0. The number of hydrogen-bond donors (Lipinski definition) is 0. The molecule has 1 fully saturated rings. The molecule has 2 atom stereocenters. The number of carbonyl (C=O) groups excluding carboxylic acids is 2. The second-order valence-corrected chi connectivity index (χ2v) is 5.83. The van der Waals surface area contributed by atoms with Gasteiger partial charge < -0.3 is 4.74 Å². The summed E-state index contributed by atoms with van der Waals surface area (Å²) < 4.78 is 5.06. The fourth-order valence-corrected chi connectivity index (χ4v) is 2.50. The molecule has 92 valence electrons. The van der Waals surface area contributed by atoms with Gasteiger partial charge in [0.05, 0.1) is 5.41 Å². The molecule has 0 bridgehead atoms. The summed E-state index contributed by atoms with van der Waals surface area (Å²) in [6, 6.07) is 0. The summed E-state index contributed by atoms with van der Waals surface area (Å²) in [6.07, 6.45) is 1.51. The molecule has 0 spiro atoms. The van der Waals surface area contributed by atoms with Gasteiger partial charge in [0.2, 0.25) is 0 Å². The van der Waals surface area contributed by atoms with E-state index in [1.807, 2.05) is 6.92 Å². The van der Waals surface area contributed by atoms with Crippen LogP contribution in [0.4, 0.5) is 0 Å². The van der Waals surface area contributed by atoms with Crippen LogP contribution < -0.4 is 0 Å². The van der Waals surface area contributed by atoms with E-state index in [0.29, 0.717) is 6.42 Å². The van der Waals surface area contributed by atoms with Crippen LogP contribution in [0.3, 0.4) is 0 Å². The van der Waals surface area contributed by atoms with Gasteiger partial charge in [-0.2, -0.15) is 0 Å². The number of ether oxygens (including phenoxy) is 1. The Balaban J connectivity index is 2.88. The molecule has 0 unspecified atom stereocenters. The van der Waals surface area contributed by atoms with Gasteiger partial charge >= 0.3 is 5.97 Å². The summed E-state index contributed by atoms with van der Waals surface area (Å²) in [5.74, 6) is 0.130. The molecule has 0 aromatic heterocycles. The van der Waals surface area contributed by atoms with Crippen molar-refractivity contribution in [2.75, 3.05) is 6.61 Å². The van der Waals surface area contributed by atoms with Gasteiger partial charge in [0, 0.05) is 13.3 Å². The van der Waals surface area contributed by atoms with Gasteiger partial charge in [0.15, 0.2) is 0 Å². The van der Waals surface area contributed by atoms with Gasteiger partial charge in [-0.3, -0.25) is 9.59 Å². The minimum Gasteiger partial charge on any atom is -0.465 e. The molecule has 3 nitrogen and oxygen atoms in total. The van der Waals surface area contributed by atoms with Crippen LogP contribution in [0.25, 0.3) is 0 Å². The van der Waals surface area contributed by atoms with Crippen molar-refractivity contribution in [3.8, 4) is 0 Å². The molecular formula is C13H22O3. The molecule has 1 aliphatic carbocycles. The molecule has 3 heteroatoms. The lowest BCUT2D eigenvalue weighted by atomic mass is 9.57. The van der Waals surface area contributed by atoms with Gasteiger partial charge in [0.1, 0.15) is 12.4 Å². The van der Waals surface area contributed by atoms with E-state index in [1.165, 1.54) is 6.92 Å². The Morgan fingerprint density at radius 3 is 2.50 bits per heavy atom. The first-order valence-electron chi connectivity index (χ1n) is 5.87. The van der Waals surface area contributed by atoms with Crippen molar-refractivity contribution in [2.24, 2.45) is 16.7 Å². The molecule has 16 heavy (non-hydrogen) atoms. The van der Waals surface area contributed by atoms with Crippen molar-refractivity contribution in [1.82, 2.24) is 0 Å². The highest BCUT2D eigenvalue weighted by atomic mass is 16.5. The SMILES string of the molecule is CC(=O)OC[C@]1(C)C(=O)CCC(C)(C)[C@H]1C. The van der Waals surface area contributed by atoms with Crippen LogP contribution in [0.15, 0.2) is 0 Å². The fraction of sp³-hybridized carbons (Fsp3) is 0.846. The minimum atomic E-state index is -0.520. The Bertz CT molecular complexity index is 306. The first kappa shape index (κ1) is 13.2.